The third-order valence-corrected chi connectivity index (χ3v) is 2.18. The van der Waals surface area contributed by atoms with Crippen LogP contribution in [0.5, 0.6) is 0 Å². The quantitative estimate of drug-likeness (QED) is 0.547. The Hall–Kier alpha value is -1.12. The molecule has 1 aliphatic rings. The number of hydrogen-bond donors (Lipinski definition) is 0. The zero-order valence-corrected chi connectivity index (χ0v) is 6.45. The molecule has 0 unspecified atom stereocenters. The Kier molecular flexibility index (Phi) is 1.31. The molecule has 1 aromatic rings. The fourth-order valence-corrected chi connectivity index (χ4v) is 1.58. The molecular weight excluding hydrogens is 140 g/mol. The van der Waals surface area contributed by atoms with E-state index in [0.29, 0.717) is 6.04 Å². The highest BCUT2D eigenvalue weighted by Gasteiger charge is 2.18. The molecule has 1 aliphatic heterocycles. The number of aromatic nitrogens is 2. The van der Waals surface area contributed by atoms with Crippen LogP contribution >= 0.6 is 0 Å². The Morgan fingerprint density at radius 3 is 3.27 bits per heavy atom. The molecular formula is C8H10N2O. The predicted octanol–water partition coefficient (Wildman–Crippen LogP) is 0.751. The Morgan fingerprint density at radius 2 is 2.55 bits per heavy atom. The molecule has 0 saturated carbocycles. The van der Waals surface area contributed by atoms with Crippen LogP contribution in [-0.2, 0) is 6.42 Å². The van der Waals surface area contributed by atoms with Crippen LogP contribution in [0.2, 0.25) is 0 Å². The van der Waals surface area contributed by atoms with Gasteiger partial charge in [-0.3, -0.25) is 9.36 Å². The molecule has 3 nitrogen and oxygen atoms in total. The van der Waals surface area contributed by atoms with Crippen LogP contribution in [0.15, 0.2) is 17.1 Å². The second-order valence-corrected chi connectivity index (χ2v) is 2.96. The third kappa shape index (κ3) is 0.878. The molecule has 0 aromatic carbocycles. The van der Waals surface area contributed by atoms with Crippen molar-refractivity contribution in [3.63, 3.8) is 0 Å². The zero-order valence-electron chi connectivity index (χ0n) is 6.45. The molecule has 1 aromatic heterocycles. The first-order chi connectivity index (χ1) is 5.29. The van der Waals surface area contributed by atoms with Crippen molar-refractivity contribution in [2.24, 2.45) is 0 Å². The summed E-state index contributed by atoms with van der Waals surface area (Å²) < 4.78 is 1.78. The fraction of sp³-hybridized carbons (Fsp3) is 0.500. The van der Waals surface area contributed by atoms with E-state index in [1.165, 1.54) is 6.07 Å². The Balaban J connectivity index is 2.68. The molecule has 58 valence electrons. The van der Waals surface area contributed by atoms with E-state index in [1.54, 1.807) is 10.8 Å². The zero-order chi connectivity index (χ0) is 7.84. The van der Waals surface area contributed by atoms with E-state index in [9.17, 15) is 4.79 Å². The number of hydrogen-bond acceptors (Lipinski definition) is 2. The normalized spacial score (nSPS) is 21.7. The van der Waals surface area contributed by atoms with Gasteiger partial charge in [0.25, 0.3) is 5.56 Å². The second-order valence-electron chi connectivity index (χ2n) is 2.96. The maximum absolute atomic E-state index is 11.2. The van der Waals surface area contributed by atoms with Crippen LogP contribution in [0.3, 0.4) is 0 Å². The summed E-state index contributed by atoms with van der Waals surface area (Å²) >= 11 is 0. The van der Waals surface area contributed by atoms with Crippen molar-refractivity contribution in [3.05, 3.63) is 28.4 Å². The lowest BCUT2D eigenvalue weighted by Gasteiger charge is -2.05. The van der Waals surface area contributed by atoms with Crippen molar-refractivity contribution in [2.45, 2.75) is 25.8 Å². The first-order valence-corrected chi connectivity index (χ1v) is 3.85. The minimum Gasteiger partial charge on any atom is -0.294 e. The summed E-state index contributed by atoms with van der Waals surface area (Å²) in [7, 11) is 0. The molecule has 0 spiro atoms. The Labute approximate surface area is 64.7 Å². The summed E-state index contributed by atoms with van der Waals surface area (Å²) in [4.78, 5) is 15.4. The molecule has 2 rings (SSSR count). The van der Waals surface area contributed by atoms with E-state index in [0.717, 1.165) is 18.7 Å². The van der Waals surface area contributed by atoms with Gasteiger partial charge in [-0.1, -0.05) is 0 Å². The average Bonchev–Trinajstić information content (AvgIpc) is 2.34. The molecule has 0 radical (unpaired) electrons. The minimum atomic E-state index is 0.0833. The second kappa shape index (κ2) is 2.19. The summed E-state index contributed by atoms with van der Waals surface area (Å²) in [6, 6.07) is 1.86. The van der Waals surface area contributed by atoms with Gasteiger partial charge >= 0.3 is 0 Å². The predicted molar refractivity (Wildman–Crippen MR) is 41.5 cm³/mol. The van der Waals surface area contributed by atoms with Gasteiger partial charge in [0.1, 0.15) is 5.82 Å². The highest BCUT2D eigenvalue weighted by molar-refractivity contribution is 5.01. The van der Waals surface area contributed by atoms with Gasteiger partial charge in [0.15, 0.2) is 0 Å². The van der Waals surface area contributed by atoms with E-state index in [1.807, 2.05) is 0 Å². The van der Waals surface area contributed by atoms with E-state index >= 15 is 0 Å². The van der Waals surface area contributed by atoms with E-state index in [4.69, 9.17) is 0 Å². The van der Waals surface area contributed by atoms with Crippen LogP contribution in [0.1, 0.15) is 25.2 Å². The molecule has 0 amide bonds. The monoisotopic (exact) mass is 150 g/mol. The summed E-state index contributed by atoms with van der Waals surface area (Å²) in [5, 5.41) is 0. The largest absolute Gasteiger partial charge is 0.294 e. The van der Waals surface area contributed by atoms with Crippen LogP contribution in [-0.4, -0.2) is 9.55 Å². The Bertz CT molecular complexity index is 329. The summed E-state index contributed by atoms with van der Waals surface area (Å²) in [5.41, 5.74) is 0.0833. The molecule has 0 bridgehead atoms. The number of rotatable bonds is 0. The van der Waals surface area contributed by atoms with Gasteiger partial charge in [-0.2, -0.15) is 0 Å². The first kappa shape index (κ1) is 6.58. The van der Waals surface area contributed by atoms with Crippen LogP contribution in [0, 0.1) is 0 Å². The lowest BCUT2D eigenvalue weighted by atomic mass is 10.2. The molecule has 0 fully saturated rings. The standard InChI is InChI=1S/C8H10N2O/c1-6-2-3-7-9-5-4-8(11)10(6)7/h4-6H,2-3H2,1H3/t6-/m0/s1. The Morgan fingerprint density at radius 1 is 1.73 bits per heavy atom. The lowest BCUT2D eigenvalue weighted by molar-refractivity contribution is 0.559. The van der Waals surface area contributed by atoms with Gasteiger partial charge in [0, 0.05) is 24.7 Å². The topological polar surface area (TPSA) is 34.9 Å². The molecule has 0 saturated heterocycles. The van der Waals surface area contributed by atoms with Crippen molar-refractivity contribution in [1.29, 1.82) is 0 Å². The van der Waals surface area contributed by atoms with Gasteiger partial charge in [-0.15, -0.1) is 0 Å². The van der Waals surface area contributed by atoms with Gasteiger partial charge in [0.2, 0.25) is 0 Å². The van der Waals surface area contributed by atoms with Crippen LogP contribution < -0.4 is 5.56 Å². The molecule has 0 aliphatic carbocycles. The van der Waals surface area contributed by atoms with Crippen LogP contribution in [0.25, 0.3) is 0 Å². The number of nitrogens with zero attached hydrogens (tertiary/aromatic N) is 2. The smallest absolute Gasteiger partial charge is 0.253 e. The highest BCUT2D eigenvalue weighted by Crippen LogP contribution is 2.19. The van der Waals surface area contributed by atoms with Crippen LogP contribution in [0.4, 0.5) is 0 Å². The van der Waals surface area contributed by atoms with Gasteiger partial charge in [-0.05, 0) is 13.3 Å². The number of fused-ring (bicyclic) bond motifs is 1. The summed E-state index contributed by atoms with van der Waals surface area (Å²) in [6.07, 6.45) is 3.58. The van der Waals surface area contributed by atoms with Crippen molar-refractivity contribution in [3.8, 4) is 0 Å². The SMILES string of the molecule is C[C@H]1CCc2nccc(=O)n21. The first-order valence-electron chi connectivity index (χ1n) is 3.85. The summed E-state index contributed by atoms with van der Waals surface area (Å²) in [6.45, 7) is 2.06. The molecule has 1 atom stereocenters. The van der Waals surface area contributed by atoms with Gasteiger partial charge < -0.3 is 0 Å². The van der Waals surface area contributed by atoms with Gasteiger partial charge in [-0.25, -0.2) is 4.98 Å². The number of aryl methyl sites for hydroxylation is 1. The maximum Gasteiger partial charge on any atom is 0.253 e. The third-order valence-electron chi connectivity index (χ3n) is 2.18. The summed E-state index contributed by atoms with van der Waals surface area (Å²) in [5.74, 6) is 0.935. The molecule has 11 heavy (non-hydrogen) atoms. The minimum absolute atomic E-state index is 0.0833. The van der Waals surface area contributed by atoms with Crippen molar-refractivity contribution >= 4 is 0 Å². The van der Waals surface area contributed by atoms with E-state index in [2.05, 4.69) is 11.9 Å². The van der Waals surface area contributed by atoms with Crippen molar-refractivity contribution in [2.75, 3.05) is 0 Å². The molecule has 2 heterocycles. The lowest BCUT2D eigenvalue weighted by Crippen LogP contribution is -2.21. The average molecular weight is 150 g/mol. The molecule has 0 N–H and O–H groups in total. The molecule has 3 heteroatoms. The van der Waals surface area contributed by atoms with Gasteiger partial charge in [0.05, 0.1) is 0 Å². The van der Waals surface area contributed by atoms with Crippen molar-refractivity contribution < 1.29 is 0 Å². The van der Waals surface area contributed by atoms with E-state index < -0.39 is 0 Å². The van der Waals surface area contributed by atoms with E-state index in [-0.39, 0.29) is 5.56 Å². The van der Waals surface area contributed by atoms with Crippen molar-refractivity contribution in [1.82, 2.24) is 9.55 Å². The fourth-order valence-electron chi connectivity index (χ4n) is 1.58. The highest BCUT2D eigenvalue weighted by atomic mass is 16.1. The maximum atomic E-state index is 11.2.